The van der Waals surface area contributed by atoms with Crippen molar-refractivity contribution in [2.24, 2.45) is 5.92 Å². The number of rotatable bonds is 8. The molecule has 5 rings (SSSR count). The van der Waals surface area contributed by atoms with Crippen LogP contribution in [-0.4, -0.2) is 43.7 Å². The highest BCUT2D eigenvalue weighted by Gasteiger charge is 2.37. The Bertz CT molecular complexity index is 1810. The smallest absolute Gasteiger partial charge is 0.406 e. The van der Waals surface area contributed by atoms with E-state index in [1.807, 2.05) is 58.0 Å². The van der Waals surface area contributed by atoms with E-state index in [0.29, 0.717) is 43.0 Å². The minimum atomic E-state index is -4.90. The molecular weight excluding hydrogens is 631 g/mol. The van der Waals surface area contributed by atoms with Crippen molar-refractivity contribution in [2.75, 3.05) is 23.7 Å². The topological polar surface area (TPSA) is 114 Å². The van der Waals surface area contributed by atoms with Crippen LogP contribution in [0.3, 0.4) is 0 Å². The van der Waals surface area contributed by atoms with E-state index in [9.17, 15) is 26.4 Å². The van der Waals surface area contributed by atoms with Gasteiger partial charge < -0.3 is 15.4 Å². The summed E-state index contributed by atoms with van der Waals surface area (Å²) in [5.74, 6) is -0.318. The molecular formula is C34H38F3N5O4S. The highest BCUT2D eigenvalue weighted by atomic mass is 32.2. The van der Waals surface area contributed by atoms with Crippen molar-refractivity contribution in [3.63, 3.8) is 0 Å². The van der Waals surface area contributed by atoms with Gasteiger partial charge in [-0.15, -0.1) is 13.2 Å². The molecule has 13 heteroatoms. The van der Waals surface area contributed by atoms with Gasteiger partial charge >= 0.3 is 12.4 Å². The summed E-state index contributed by atoms with van der Waals surface area (Å²) >= 11 is 0. The molecule has 250 valence electrons. The lowest BCUT2D eigenvalue weighted by molar-refractivity contribution is -0.274. The predicted octanol–water partition coefficient (Wildman–Crippen LogP) is 7.54. The summed E-state index contributed by atoms with van der Waals surface area (Å²) in [6, 6.07) is 19.9. The lowest BCUT2D eigenvalue weighted by Gasteiger charge is -2.31. The number of alkyl halides is 3. The van der Waals surface area contributed by atoms with Crippen LogP contribution in [0.4, 0.5) is 29.5 Å². The summed E-state index contributed by atoms with van der Waals surface area (Å²) in [5, 5.41) is 12.7. The van der Waals surface area contributed by atoms with Crippen LogP contribution in [0.15, 0.2) is 83.8 Å². The number of ether oxygens (including phenoxy) is 1. The Morgan fingerprint density at radius 3 is 2.23 bits per heavy atom. The number of amides is 2. The molecule has 0 bridgehead atoms. The first-order chi connectivity index (χ1) is 22.1. The Balaban J connectivity index is 1.42. The number of nitrogens with zero attached hydrogens (tertiary/aromatic N) is 2. The molecule has 0 aliphatic carbocycles. The van der Waals surface area contributed by atoms with E-state index in [1.165, 1.54) is 0 Å². The lowest BCUT2D eigenvalue weighted by atomic mass is 9.90. The van der Waals surface area contributed by atoms with Gasteiger partial charge in [-0.3, -0.25) is 5.32 Å². The Kier molecular flexibility index (Phi) is 9.69. The number of urea groups is 1. The number of hydrogen-bond acceptors (Lipinski definition) is 6. The average molecular weight is 670 g/mol. The third-order valence-electron chi connectivity index (χ3n) is 8.00. The third kappa shape index (κ3) is 8.33. The fourth-order valence-corrected chi connectivity index (χ4v) is 7.71. The molecule has 1 unspecified atom stereocenters. The average Bonchev–Trinajstić information content (AvgIpc) is 3.42. The van der Waals surface area contributed by atoms with E-state index in [1.54, 1.807) is 28.9 Å². The van der Waals surface area contributed by atoms with Crippen molar-refractivity contribution >= 4 is 27.4 Å². The molecule has 1 fully saturated rings. The summed E-state index contributed by atoms with van der Waals surface area (Å²) < 4.78 is 71.8. The zero-order chi connectivity index (χ0) is 34.0. The van der Waals surface area contributed by atoms with Gasteiger partial charge in [-0.2, -0.15) is 5.10 Å². The zero-order valence-electron chi connectivity index (χ0n) is 26.6. The lowest BCUT2D eigenvalue weighted by Crippen LogP contribution is -2.33. The number of piperidine rings is 1. The third-order valence-corrected chi connectivity index (χ3v) is 10.3. The second-order valence-electron chi connectivity index (χ2n) is 12.7. The molecule has 1 aliphatic rings. The number of anilines is 2. The van der Waals surface area contributed by atoms with Crippen LogP contribution < -0.4 is 20.7 Å². The molecule has 1 atom stereocenters. The minimum Gasteiger partial charge on any atom is -0.406 e. The van der Waals surface area contributed by atoms with Crippen molar-refractivity contribution in [3.05, 3.63) is 95.7 Å². The van der Waals surface area contributed by atoms with Crippen molar-refractivity contribution in [3.8, 4) is 11.4 Å². The fourth-order valence-electron chi connectivity index (χ4n) is 5.62. The van der Waals surface area contributed by atoms with Gasteiger partial charge in [0.1, 0.15) is 11.6 Å². The first kappa shape index (κ1) is 34.0. The summed E-state index contributed by atoms with van der Waals surface area (Å²) in [6.07, 6.45) is -3.74. The van der Waals surface area contributed by atoms with Crippen LogP contribution in [0, 0.1) is 12.8 Å². The molecule has 2 heterocycles. The number of benzene rings is 3. The molecule has 3 N–H and O–H groups in total. The maximum Gasteiger partial charge on any atom is 0.573 e. The van der Waals surface area contributed by atoms with Crippen molar-refractivity contribution in [1.29, 1.82) is 0 Å². The molecule has 0 saturated carbocycles. The molecule has 47 heavy (non-hydrogen) atoms. The molecule has 1 saturated heterocycles. The Morgan fingerprint density at radius 2 is 1.62 bits per heavy atom. The van der Waals surface area contributed by atoms with Gasteiger partial charge in [0.05, 0.1) is 21.5 Å². The van der Waals surface area contributed by atoms with Gasteiger partial charge in [-0.1, -0.05) is 50.6 Å². The molecule has 0 spiro atoms. The van der Waals surface area contributed by atoms with Crippen LogP contribution in [0.5, 0.6) is 5.75 Å². The van der Waals surface area contributed by atoms with Gasteiger partial charge in [0, 0.05) is 17.2 Å². The standard InChI is InChI=1S/C34H38F3N5O4S/c1-22-8-10-26(11-9-22)42-30(21-29(41-42)33(2,3)4)40-32(43)39-25-7-5-6-24(20-25)31(23-16-18-38-19-17-23)47(44,45)28-14-12-27(13-15-28)46-34(35,36)37/h5-15,20-21,23,31,38H,16-19H2,1-4H3,(H2,39,40,43). The van der Waals surface area contributed by atoms with E-state index < -0.39 is 33.2 Å². The van der Waals surface area contributed by atoms with Gasteiger partial charge in [0.2, 0.25) is 0 Å². The Labute approximate surface area is 272 Å². The van der Waals surface area contributed by atoms with Crippen molar-refractivity contribution in [1.82, 2.24) is 15.1 Å². The number of carbonyl (C=O) groups excluding carboxylic acids is 1. The molecule has 2 amide bonds. The second kappa shape index (κ2) is 13.4. The fraction of sp³-hybridized carbons (Fsp3) is 0.353. The first-order valence-electron chi connectivity index (χ1n) is 15.3. The quantitative estimate of drug-likeness (QED) is 0.179. The first-order valence-corrected chi connectivity index (χ1v) is 16.8. The number of aryl methyl sites for hydroxylation is 1. The van der Waals surface area contributed by atoms with E-state index >= 15 is 0 Å². The van der Waals surface area contributed by atoms with Crippen LogP contribution >= 0.6 is 0 Å². The van der Waals surface area contributed by atoms with Gasteiger partial charge in [-0.05, 0) is 92.9 Å². The summed E-state index contributed by atoms with van der Waals surface area (Å²) in [6.45, 7) is 9.32. The molecule has 1 aromatic heterocycles. The van der Waals surface area contributed by atoms with Crippen molar-refractivity contribution < 1.29 is 31.1 Å². The van der Waals surface area contributed by atoms with Gasteiger partial charge in [0.15, 0.2) is 9.84 Å². The summed E-state index contributed by atoms with van der Waals surface area (Å²) in [7, 11) is -4.06. The number of carbonyl (C=O) groups is 1. The van der Waals surface area contributed by atoms with Crippen LogP contribution in [0.2, 0.25) is 0 Å². The number of nitrogens with one attached hydrogen (secondary N) is 3. The number of hydrogen-bond donors (Lipinski definition) is 3. The van der Waals surface area contributed by atoms with E-state index in [4.69, 9.17) is 5.10 Å². The molecule has 0 radical (unpaired) electrons. The monoisotopic (exact) mass is 669 g/mol. The van der Waals surface area contributed by atoms with Gasteiger partial charge in [-0.25, -0.2) is 17.9 Å². The van der Waals surface area contributed by atoms with E-state index in [-0.39, 0.29) is 16.2 Å². The van der Waals surface area contributed by atoms with Crippen LogP contribution in [-0.2, 0) is 15.3 Å². The van der Waals surface area contributed by atoms with Crippen LogP contribution in [0.25, 0.3) is 5.69 Å². The number of halogens is 3. The van der Waals surface area contributed by atoms with E-state index in [0.717, 1.165) is 41.2 Å². The second-order valence-corrected chi connectivity index (χ2v) is 14.8. The molecule has 4 aromatic rings. The molecule has 9 nitrogen and oxygen atoms in total. The largest absolute Gasteiger partial charge is 0.573 e. The number of aromatic nitrogens is 2. The minimum absolute atomic E-state index is 0.120. The highest BCUT2D eigenvalue weighted by Crippen LogP contribution is 2.40. The van der Waals surface area contributed by atoms with Crippen molar-refractivity contribution in [2.45, 2.75) is 62.5 Å². The Hall–Kier alpha value is -4.36. The Morgan fingerprint density at radius 1 is 0.957 bits per heavy atom. The summed E-state index contributed by atoms with van der Waals surface area (Å²) in [5.41, 5.74) is 3.20. The maximum atomic E-state index is 14.1. The van der Waals surface area contributed by atoms with E-state index in [2.05, 4.69) is 20.7 Å². The zero-order valence-corrected chi connectivity index (χ0v) is 27.4. The molecule has 1 aliphatic heterocycles. The van der Waals surface area contributed by atoms with Crippen LogP contribution in [0.1, 0.15) is 55.7 Å². The maximum absolute atomic E-state index is 14.1. The van der Waals surface area contributed by atoms with Gasteiger partial charge in [0.25, 0.3) is 0 Å². The summed E-state index contributed by atoms with van der Waals surface area (Å²) in [4.78, 5) is 13.2. The highest BCUT2D eigenvalue weighted by molar-refractivity contribution is 7.91. The number of sulfone groups is 1. The molecule has 3 aromatic carbocycles. The SMILES string of the molecule is Cc1ccc(-n2nc(C(C)(C)C)cc2NC(=O)Nc2cccc(C(C3CCNCC3)S(=O)(=O)c3ccc(OC(F)(F)F)cc3)c2)cc1. The normalized spacial score (nSPS) is 15.2. The predicted molar refractivity (Wildman–Crippen MR) is 175 cm³/mol.